The fraction of sp³-hybridized carbons (Fsp3) is 0.231. The van der Waals surface area contributed by atoms with Gasteiger partial charge in [-0.25, -0.2) is 9.97 Å². The van der Waals surface area contributed by atoms with Crippen LogP contribution in [-0.4, -0.2) is 21.6 Å². The molecule has 2 aromatic rings. The topological polar surface area (TPSA) is 58.0 Å². The van der Waals surface area contributed by atoms with E-state index in [1.165, 1.54) is 0 Å². The molecule has 0 radical (unpaired) electrons. The summed E-state index contributed by atoms with van der Waals surface area (Å²) in [7, 11) is 0. The fourth-order valence-electron chi connectivity index (χ4n) is 1.52. The quantitative estimate of drug-likeness (QED) is 0.841. The Morgan fingerprint density at radius 3 is 2.71 bits per heavy atom. The van der Waals surface area contributed by atoms with Crippen LogP contribution in [0.4, 0.5) is 5.95 Å². The number of nitrogens with zero attached hydrogens (tertiary/aromatic N) is 2. The number of anilines is 1. The van der Waals surface area contributed by atoms with Gasteiger partial charge in [-0.2, -0.15) is 0 Å². The lowest BCUT2D eigenvalue weighted by Gasteiger charge is -2.11. The van der Waals surface area contributed by atoms with Gasteiger partial charge in [0.25, 0.3) is 0 Å². The fourth-order valence-corrected chi connectivity index (χ4v) is 1.52. The van der Waals surface area contributed by atoms with Crippen molar-refractivity contribution in [2.45, 2.75) is 13.0 Å². The summed E-state index contributed by atoms with van der Waals surface area (Å²) in [4.78, 5) is 8.28. The number of nitrogens with one attached hydrogen (secondary N) is 1. The third kappa shape index (κ3) is 3.26. The van der Waals surface area contributed by atoms with E-state index in [1.807, 2.05) is 43.3 Å². The molecule has 0 aliphatic rings. The van der Waals surface area contributed by atoms with Gasteiger partial charge in [0.05, 0.1) is 6.10 Å². The molecule has 0 aliphatic heterocycles. The Labute approximate surface area is 100 Å². The van der Waals surface area contributed by atoms with Gasteiger partial charge in [0.2, 0.25) is 5.95 Å². The summed E-state index contributed by atoms with van der Waals surface area (Å²) in [6.07, 6.45) is 1.14. The molecule has 4 heteroatoms. The van der Waals surface area contributed by atoms with E-state index in [4.69, 9.17) is 0 Å². The zero-order valence-electron chi connectivity index (χ0n) is 9.67. The van der Waals surface area contributed by atoms with E-state index >= 15 is 0 Å². The maximum Gasteiger partial charge on any atom is 0.222 e. The van der Waals surface area contributed by atoms with Gasteiger partial charge < -0.3 is 10.4 Å². The van der Waals surface area contributed by atoms with Crippen LogP contribution < -0.4 is 5.32 Å². The van der Waals surface area contributed by atoms with Crippen LogP contribution in [0.1, 0.15) is 17.4 Å². The summed E-state index contributed by atoms with van der Waals surface area (Å²) in [6.45, 7) is 2.30. The smallest absolute Gasteiger partial charge is 0.222 e. The van der Waals surface area contributed by atoms with Crippen molar-refractivity contribution in [3.05, 3.63) is 53.9 Å². The molecule has 0 amide bonds. The minimum absolute atomic E-state index is 0.396. The van der Waals surface area contributed by atoms with Crippen molar-refractivity contribution >= 4 is 5.95 Å². The molecule has 88 valence electrons. The second kappa shape index (κ2) is 5.41. The highest BCUT2D eigenvalue weighted by atomic mass is 16.3. The highest BCUT2D eigenvalue weighted by Crippen LogP contribution is 2.12. The van der Waals surface area contributed by atoms with E-state index in [2.05, 4.69) is 15.3 Å². The van der Waals surface area contributed by atoms with E-state index in [1.54, 1.807) is 6.20 Å². The first-order valence-corrected chi connectivity index (χ1v) is 5.52. The first-order chi connectivity index (χ1) is 8.25. The Kier molecular flexibility index (Phi) is 3.67. The molecule has 0 fully saturated rings. The lowest BCUT2D eigenvalue weighted by Crippen LogP contribution is -2.13. The molecule has 1 aromatic heterocycles. The van der Waals surface area contributed by atoms with Gasteiger partial charge in [0.1, 0.15) is 0 Å². The van der Waals surface area contributed by atoms with Gasteiger partial charge in [-0.1, -0.05) is 30.3 Å². The number of aliphatic hydroxyl groups excluding tert-OH is 1. The van der Waals surface area contributed by atoms with Gasteiger partial charge in [-0.15, -0.1) is 0 Å². The van der Waals surface area contributed by atoms with E-state index in [0.29, 0.717) is 12.5 Å². The van der Waals surface area contributed by atoms with Gasteiger partial charge in [0, 0.05) is 18.4 Å². The Balaban J connectivity index is 1.95. The molecule has 0 saturated heterocycles. The van der Waals surface area contributed by atoms with Crippen LogP contribution in [0.25, 0.3) is 0 Å². The molecule has 0 spiro atoms. The molecule has 17 heavy (non-hydrogen) atoms. The number of hydrogen-bond acceptors (Lipinski definition) is 4. The Morgan fingerprint density at radius 2 is 2.00 bits per heavy atom. The standard InChI is InChI=1S/C13H15N3O/c1-10-7-8-14-13(16-10)15-9-12(17)11-5-3-2-4-6-11/h2-8,12,17H,9H2,1H3,(H,14,15,16). The van der Waals surface area contributed by atoms with Crippen molar-refractivity contribution in [2.24, 2.45) is 0 Å². The number of benzene rings is 1. The summed E-state index contributed by atoms with van der Waals surface area (Å²) >= 11 is 0. The van der Waals surface area contributed by atoms with Gasteiger partial charge in [-0.3, -0.25) is 0 Å². The van der Waals surface area contributed by atoms with Crippen molar-refractivity contribution in [1.82, 2.24) is 9.97 Å². The first kappa shape index (κ1) is 11.5. The molecule has 1 heterocycles. The van der Waals surface area contributed by atoms with Gasteiger partial charge in [0.15, 0.2) is 0 Å². The normalized spacial score (nSPS) is 12.1. The Morgan fingerprint density at radius 1 is 1.24 bits per heavy atom. The van der Waals surface area contributed by atoms with Crippen LogP contribution in [0, 0.1) is 6.92 Å². The number of aryl methyl sites for hydroxylation is 1. The third-order valence-electron chi connectivity index (χ3n) is 2.43. The van der Waals surface area contributed by atoms with Crippen molar-refractivity contribution in [3.8, 4) is 0 Å². The van der Waals surface area contributed by atoms with Crippen LogP contribution in [0.2, 0.25) is 0 Å². The van der Waals surface area contributed by atoms with Crippen molar-refractivity contribution in [2.75, 3.05) is 11.9 Å². The highest BCUT2D eigenvalue weighted by molar-refractivity contribution is 5.26. The molecule has 1 unspecified atom stereocenters. The van der Waals surface area contributed by atoms with Crippen LogP contribution >= 0.6 is 0 Å². The summed E-state index contributed by atoms with van der Waals surface area (Å²) in [5.41, 5.74) is 1.78. The van der Waals surface area contributed by atoms with Gasteiger partial charge >= 0.3 is 0 Å². The lowest BCUT2D eigenvalue weighted by molar-refractivity contribution is 0.191. The second-order valence-electron chi connectivity index (χ2n) is 3.83. The highest BCUT2D eigenvalue weighted by Gasteiger charge is 2.06. The molecular formula is C13H15N3O. The summed E-state index contributed by atoms with van der Waals surface area (Å²) < 4.78 is 0. The Bertz CT molecular complexity index is 473. The minimum atomic E-state index is -0.555. The van der Waals surface area contributed by atoms with Crippen molar-refractivity contribution < 1.29 is 5.11 Å². The number of aliphatic hydroxyl groups is 1. The lowest BCUT2D eigenvalue weighted by atomic mass is 10.1. The molecule has 0 aliphatic carbocycles. The van der Waals surface area contributed by atoms with Crippen LogP contribution in [0.3, 0.4) is 0 Å². The largest absolute Gasteiger partial charge is 0.387 e. The molecular weight excluding hydrogens is 214 g/mol. The second-order valence-corrected chi connectivity index (χ2v) is 3.83. The molecule has 2 rings (SSSR count). The SMILES string of the molecule is Cc1ccnc(NCC(O)c2ccccc2)n1. The van der Waals surface area contributed by atoms with E-state index in [0.717, 1.165) is 11.3 Å². The number of hydrogen-bond donors (Lipinski definition) is 2. The predicted octanol–water partition coefficient (Wildman–Crippen LogP) is 1.93. The van der Waals surface area contributed by atoms with E-state index < -0.39 is 6.10 Å². The van der Waals surface area contributed by atoms with Crippen molar-refractivity contribution in [3.63, 3.8) is 0 Å². The van der Waals surface area contributed by atoms with E-state index in [-0.39, 0.29) is 0 Å². The molecule has 0 bridgehead atoms. The maximum atomic E-state index is 9.93. The first-order valence-electron chi connectivity index (χ1n) is 5.52. The predicted molar refractivity (Wildman–Crippen MR) is 66.7 cm³/mol. The van der Waals surface area contributed by atoms with Crippen LogP contribution in [0.15, 0.2) is 42.6 Å². The molecule has 2 N–H and O–H groups in total. The molecule has 0 saturated carbocycles. The third-order valence-corrected chi connectivity index (χ3v) is 2.43. The van der Waals surface area contributed by atoms with Crippen molar-refractivity contribution in [1.29, 1.82) is 0 Å². The zero-order chi connectivity index (χ0) is 12.1. The number of rotatable bonds is 4. The van der Waals surface area contributed by atoms with Gasteiger partial charge in [-0.05, 0) is 18.6 Å². The average Bonchev–Trinajstić information content (AvgIpc) is 2.37. The summed E-state index contributed by atoms with van der Waals surface area (Å²) in [6, 6.07) is 11.3. The summed E-state index contributed by atoms with van der Waals surface area (Å²) in [5.74, 6) is 0.542. The average molecular weight is 229 g/mol. The summed E-state index contributed by atoms with van der Waals surface area (Å²) in [5, 5.41) is 12.9. The molecule has 1 aromatic carbocycles. The molecule has 1 atom stereocenters. The van der Waals surface area contributed by atoms with E-state index in [9.17, 15) is 5.11 Å². The van der Waals surface area contributed by atoms with Crippen LogP contribution in [0.5, 0.6) is 0 Å². The Hall–Kier alpha value is -1.94. The monoisotopic (exact) mass is 229 g/mol. The zero-order valence-corrected chi connectivity index (χ0v) is 9.67. The minimum Gasteiger partial charge on any atom is -0.387 e. The molecule has 4 nitrogen and oxygen atoms in total. The number of aromatic nitrogens is 2. The van der Waals surface area contributed by atoms with Crippen LogP contribution in [-0.2, 0) is 0 Å². The maximum absolute atomic E-state index is 9.93.